The highest BCUT2D eigenvalue weighted by Crippen LogP contribution is 2.38. The second-order valence-corrected chi connectivity index (χ2v) is 13.4. The molecule has 10 heteroatoms. The molecule has 2 aliphatic rings. The molecule has 2 fully saturated rings. The van der Waals surface area contributed by atoms with Crippen LogP contribution in [0.2, 0.25) is 0 Å². The van der Waals surface area contributed by atoms with Crippen molar-refractivity contribution in [2.75, 3.05) is 27.3 Å². The van der Waals surface area contributed by atoms with E-state index in [0.717, 1.165) is 10.0 Å². The van der Waals surface area contributed by atoms with Gasteiger partial charge in [-0.1, -0.05) is 41.9 Å². The van der Waals surface area contributed by atoms with Crippen molar-refractivity contribution in [3.63, 3.8) is 0 Å². The molecule has 3 N–H and O–H groups in total. The van der Waals surface area contributed by atoms with Gasteiger partial charge < -0.3 is 29.8 Å². The lowest BCUT2D eigenvalue weighted by atomic mass is 9.74. The van der Waals surface area contributed by atoms with Gasteiger partial charge in [0.05, 0.1) is 23.9 Å². The summed E-state index contributed by atoms with van der Waals surface area (Å²) in [4.78, 5) is 29.6. The zero-order valence-electron chi connectivity index (χ0n) is 25.1. The molecule has 226 valence electrons. The molecule has 0 aliphatic carbocycles. The number of esters is 1. The predicted molar refractivity (Wildman–Crippen MR) is 155 cm³/mol. The molecule has 2 heterocycles. The Morgan fingerprint density at radius 2 is 1.75 bits per heavy atom. The van der Waals surface area contributed by atoms with Gasteiger partial charge in [-0.05, 0) is 71.2 Å². The first-order chi connectivity index (χ1) is 18.6. The van der Waals surface area contributed by atoms with Crippen molar-refractivity contribution in [3.05, 3.63) is 34.3 Å². The molecule has 0 radical (unpaired) electrons. The van der Waals surface area contributed by atoms with Crippen LogP contribution in [0.15, 0.2) is 28.7 Å². The van der Waals surface area contributed by atoms with Gasteiger partial charge in [0, 0.05) is 30.1 Å². The monoisotopic (exact) mass is 626 g/mol. The Bertz CT molecular complexity index is 1020. The number of aliphatic hydroxyl groups is 1. The lowest BCUT2D eigenvalue weighted by Gasteiger charge is -2.46. The minimum absolute atomic E-state index is 0.101. The van der Waals surface area contributed by atoms with Gasteiger partial charge in [0.15, 0.2) is 12.1 Å². The number of benzene rings is 1. The fourth-order valence-electron chi connectivity index (χ4n) is 6.13. The van der Waals surface area contributed by atoms with Crippen molar-refractivity contribution in [2.45, 2.75) is 96.7 Å². The molecule has 1 aromatic carbocycles. The van der Waals surface area contributed by atoms with E-state index in [9.17, 15) is 14.7 Å². The van der Waals surface area contributed by atoms with E-state index in [4.69, 9.17) is 24.7 Å². The Kier molecular flexibility index (Phi) is 11.0. The lowest BCUT2D eigenvalue weighted by molar-refractivity contribution is -0.288. The summed E-state index contributed by atoms with van der Waals surface area (Å²) >= 11 is 3.49. The van der Waals surface area contributed by atoms with Crippen LogP contribution < -0.4 is 5.73 Å². The second kappa shape index (κ2) is 13.3. The molecule has 9 nitrogen and oxygen atoms in total. The number of halogens is 1. The first kappa shape index (κ1) is 33.1. The molecule has 0 aromatic heterocycles. The first-order valence-electron chi connectivity index (χ1n) is 14.1. The van der Waals surface area contributed by atoms with Crippen molar-refractivity contribution in [1.29, 1.82) is 0 Å². The molecule has 3 rings (SSSR count). The minimum atomic E-state index is -1.45. The molecule has 9 atom stereocenters. The van der Waals surface area contributed by atoms with Gasteiger partial charge in [-0.3, -0.25) is 14.5 Å². The number of methoxy groups -OCH3 is 1. The molecule has 0 unspecified atom stereocenters. The van der Waals surface area contributed by atoms with Gasteiger partial charge in [-0.2, -0.15) is 0 Å². The largest absolute Gasteiger partial charge is 0.463 e. The number of nitrogens with two attached hydrogens (primary N) is 1. The van der Waals surface area contributed by atoms with E-state index in [0.29, 0.717) is 19.4 Å². The molecule has 1 aromatic rings. The fraction of sp³-hybridized carbons (Fsp3) is 0.733. The van der Waals surface area contributed by atoms with Gasteiger partial charge in [0.1, 0.15) is 18.1 Å². The van der Waals surface area contributed by atoms with Crippen molar-refractivity contribution in [1.82, 2.24) is 4.90 Å². The number of carbonyl (C=O) groups is 2. The molecule has 0 amide bonds. The first-order valence-corrected chi connectivity index (χ1v) is 14.9. The zero-order chi connectivity index (χ0) is 30.0. The maximum atomic E-state index is 14.0. The molecule has 0 bridgehead atoms. The third-order valence-electron chi connectivity index (χ3n) is 8.54. The number of ether oxygens (including phenoxy) is 4. The van der Waals surface area contributed by atoms with E-state index in [1.807, 2.05) is 45.2 Å². The van der Waals surface area contributed by atoms with E-state index >= 15 is 0 Å². The Morgan fingerprint density at radius 1 is 1.12 bits per heavy atom. The second-order valence-electron chi connectivity index (χ2n) is 12.5. The number of hydrogen-bond acceptors (Lipinski definition) is 9. The van der Waals surface area contributed by atoms with E-state index in [1.165, 1.54) is 0 Å². The lowest BCUT2D eigenvalue weighted by Crippen LogP contribution is -2.59. The number of rotatable bonds is 4. The zero-order valence-corrected chi connectivity index (χ0v) is 26.6. The third-order valence-corrected chi connectivity index (χ3v) is 9.07. The number of hydrogen-bond donors (Lipinski definition) is 2. The van der Waals surface area contributed by atoms with Crippen molar-refractivity contribution in [3.8, 4) is 0 Å². The molecule has 2 aliphatic heterocycles. The van der Waals surface area contributed by atoms with Gasteiger partial charge in [-0.25, -0.2) is 0 Å². The summed E-state index contributed by atoms with van der Waals surface area (Å²) in [5.41, 5.74) is 4.77. The highest BCUT2D eigenvalue weighted by atomic mass is 79.9. The van der Waals surface area contributed by atoms with Crippen LogP contribution in [0.25, 0.3) is 0 Å². The van der Waals surface area contributed by atoms with Crippen molar-refractivity contribution in [2.24, 2.45) is 23.0 Å². The van der Waals surface area contributed by atoms with Crippen LogP contribution in [-0.4, -0.2) is 85.3 Å². The number of likely N-dealkylation sites (N-methyl/N-ethyl adjacent to an activating group) is 1. The molecule has 0 spiro atoms. The van der Waals surface area contributed by atoms with Gasteiger partial charge in [0.2, 0.25) is 0 Å². The SMILES string of the molecule is CO[C@]1(C)C[C@@H](C)CN(C)[C@H](c2ccc(Br)cc2)COC(=O)C(C)(C)C(=O)[C@H](C)[C@H]1O[C@@H]1O[C@H](C)C[C@H](N)[C@H]1O. The van der Waals surface area contributed by atoms with Crippen LogP contribution in [-0.2, 0) is 28.5 Å². The maximum Gasteiger partial charge on any atom is 0.319 e. The summed E-state index contributed by atoms with van der Waals surface area (Å²) in [5, 5.41) is 10.8. The van der Waals surface area contributed by atoms with Gasteiger partial charge in [0.25, 0.3) is 0 Å². The summed E-state index contributed by atoms with van der Waals surface area (Å²) in [7, 11) is 3.60. The minimum Gasteiger partial charge on any atom is -0.463 e. The van der Waals surface area contributed by atoms with Crippen LogP contribution in [0.5, 0.6) is 0 Å². The topological polar surface area (TPSA) is 121 Å². The average molecular weight is 628 g/mol. The molecule has 0 saturated carbocycles. The van der Waals surface area contributed by atoms with E-state index in [1.54, 1.807) is 27.9 Å². The average Bonchev–Trinajstić information content (AvgIpc) is 2.89. The normalized spacial score (nSPS) is 38.6. The number of aliphatic hydroxyl groups excluding tert-OH is 1. The summed E-state index contributed by atoms with van der Waals surface area (Å²) in [6.07, 6.45) is -2.15. The smallest absolute Gasteiger partial charge is 0.319 e. The van der Waals surface area contributed by atoms with Gasteiger partial charge in [-0.15, -0.1) is 0 Å². The third kappa shape index (κ3) is 7.32. The molecular weight excluding hydrogens is 580 g/mol. The van der Waals surface area contributed by atoms with E-state index in [-0.39, 0.29) is 30.5 Å². The van der Waals surface area contributed by atoms with Crippen LogP contribution in [0.3, 0.4) is 0 Å². The number of carbonyl (C=O) groups excluding carboxylic acids is 2. The fourth-order valence-corrected chi connectivity index (χ4v) is 6.40. The molecule has 2 saturated heterocycles. The van der Waals surface area contributed by atoms with Crippen LogP contribution in [0, 0.1) is 17.3 Å². The highest BCUT2D eigenvalue weighted by molar-refractivity contribution is 9.10. The van der Waals surface area contributed by atoms with E-state index < -0.39 is 47.4 Å². The molecular formula is C30H47BrN2O7. The van der Waals surface area contributed by atoms with Crippen LogP contribution >= 0.6 is 15.9 Å². The summed E-state index contributed by atoms with van der Waals surface area (Å²) in [5.74, 6) is -1.63. The number of cyclic esters (lactones) is 1. The van der Waals surface area contributed by atoms with Crippen molar-refractivity contribution < 1.29 is 33.6 Å². The van der Waals surface area contributed by atoms with E-state index in [2.05, 4.69) is 27.8 Å². The summed E-state index contributed by atoms with van der Waals surface area (Å²) in [6, 6.07) is 7.19. The number of nitrogens with zero attached hydrogens (tertiary/aromatic N) is 1. The standard InChI is InChI=1S/C30H47BrN2O7/c1-17-14-30(6,37-8)26(40-27-24(34)22(32)13-18(2)39-27)19(3)25(35)29(4,5)28(36)38-16-23(33(7)15-17)20-9-11-21(31)12-10-20/h9-12,17-19,22-24,26-27,34H,13-16,32H2,1-8H3/t17-,18-,19+,22+,23+,24-,26-,27+,30-/m1/s1. The molecule has 40 heavy (non-hydrogen) atoms. The maximum absolute atomic E-state index is 14.0. The van der Waals surface area contributed by atoms with Crippen LogP contribution in [0.4, 0.5) is 0 Å². The van der Waals surface area contributed by atoms with Gasteiger partial charge >= 0.3 is 5.97 Å². The van der Waals surface area contributed by atoms with Crippen molar-refractivity contribution >= 4 is 27.7 Å². The number of Topliss-reactive ketones (excluding diaryl/α,β-unsaturated/α-hetero) is 1. The Labute approximate surface area is 247 Å². The highest BCUT2D eigenvalue weighted by Gasteiger charge is 2.51. The quantitative estimate of drug-likeness (QED) is 0.379. The summed E-state index contributed by atoms with van der Waals surface area (Å²) < 4.78 is 25.3. The predicted octanol–water partition coefficient (Wildman–Crippen LogP) is 3.85. The number of ketones is 1. The Balaban J connectivity index is 2.02. The van der Waals surface area contributed by atoms with Crippen LogP contribution in [0.1, 0.15) is 66.0 Å². The Morgan fingerprint density at radius 3 is 2.35 bits per heavy atom. The Hall–Kier alpha value is -1.40. The summed E-state index contributed by atoms with van der Waals surface area (Å²) in [6.45, 7) is 11.6.